The van der Waals surface area contributed by atoms with Gasteiger partial charge in [0.25, 0.3) is 0 Å². The Kier molecular flexibility index (Phi) is 7.15. The molecule has 0 amide bonds. The molecule has 6 heteroatoms. The van der Waals surface area contributed by atoms with Gasteiger partial charge in [-0.15, -0.1) is 20.4 Å². The predicted molar refractivity (Wildman–Crippen MR) is 141 cm³/mol. The van der Waals surface area contributed by atoms with Gasteiger partial charge in [0.05, 0.1) is 22.8 Å². The first-order chi connectivity index (χ1) is 17.9. The third kappa shape index (κ3) is 5.69. The number of hydrogen-bond acceptors (Lipinski definition) is 6. The van der Waals surface area contributed by atoms with Crippen molar-refractivity contribution in [3.63, 3.8) is 0 Å². The average molecular weight is 467 g/mol. The minimum atomic E-state index is 0.837. The van der Waals surface area contributed by atoms with Crippen molar-refractivity contribution >= 4 is 0 Å². The second kappa shape index (κ2) is 11.4. The summed E-state index contributed by atoms with van der Waals surface area (Å²) in [5.74, 6) is 0. The van der Waals surface area contributed by atoms with Crippen LogP contribution in [0.5, 0.6) is 0 Å². The van der Waals surface area contributed by atoms with Gasteiger partial charge in [0, 0.05) is 22.3 Å². The van der Waals surface area contributed by atoms with Crippen molar-refractivity contribution in [2.24, 2.45) is 0 Å². The number of hydrogen-bond donors (Lipinski definition) is 0. The highest BCUT2D eigenvalue weighted by Crippen LogP contribution is 2.22. The zero-order valence-corrected chi connectivity index (χ0v) is 19.4. The Labute approximate surface area is 209 Å². The zero-order chi connectivity index (χ0) is 24.4. The fourth-order valence-corrected chi connectivity index (χ4v) is 3.61. The van der Waals surface area contributed by atoms with Crippen LogP contribution in [0.15, 0.2) is 133 Å². The first-order valence-electron chi connectivity index (χ1n) is 11.5. The quantitative estimate of drug-likeness (QED) is 0.299. The van der Waals surface area contributed by atoms with Crippen LogP contribution in [-0.4, -0.2) is 30.8 Å². The van der Waals surface area contributed by atoms with E-state index < -0.39 is 0 Å². The second-order valence-corrected chi connectivity index (χ2v) is 7.87. The van der Waals surface area contributed by atoms with E-state index in [1.54, 1.807) is 0 Å². The normalized spacial score (nSPS) is 10.2. The number of nitrogens with zero attached hydrogens (tertiary/aromatic N) is 6. The van der Waals surface area contributed by atoms with Crippen LogP contribution in [0.3, 0.4) is 0 Å². The van der Waals surface area contributed by atoms with Crippen LogP contribution in [-0.2, 0) is 0 Å². The largest absolute Gasteiger partial charge is 0.130 e. The lowest BCUT2D eigenvalue weighted by Crippen LogP contribution is -1.93. The third-order valence-electron chi connectivity index (χ3n) is 5.43. The first kappa shape index (κ1) is 22.7. The van der Waals surface area contributed by atoms with E-state index in [1.165, 1.54) is 0 Å². The molecule has 0 bridgehead atoms. The van der Waals surface area contributed by atoms with Crippen LogP contribution in [0.4, 0.5) is 0 Å². The van der Waals surface area contributed by atoms with E-state index in [0.717, 1.165) is 45.0 Å². The summed E-state index contributed by atoms with van der Waals surface area (Å²) in [6, 6.07) is 43.8. The van der Waals surface area contributed by atoms with Gasteiger partial charge in [-0.1, -0.05) is 121 Å². The van der Waals surface area contributed by atoms with E-state index in [9.17, 15) is 0 Å². The van der Waals surface area contributed by atoms with Crippen LogP contribution in [0.2, 0.25) is 0 Å². The zero-order valence-electron chi connectivity index (χ0n) is 19.4. The Morgan fingerprint density at radius 1 is 0.278 bits per heavy atom. The molecule has 2 aromatic heterocycles. The van der Waals surface area contributed by atoms with Gasteiger partial charge in [0.15, 0.2) is 0 Å². The molecule has 0 aliphatic rings. The first-order valence-corrected chi connectivity index (χ1v) is 11.5. The molecule has 2 heterocycles. The van der Waals surface area contributed by atoms with Crippen LogP contribution >= 0.6 is 0 Å². The lowest BCUT2D eigenvalue weighted by atomic mass is 10.1. The molecule has 6 aromatic rings. The van der Waals surface area contributed by atoms with Crippen LogP contribution in [0.1, 0.15) is 0 Å². The van der Waals surface area contributed by atoms with E-state index in [1.807, 2.05) is 133 Å². The van der Waals surface area contributed by atoms with Crippen molar-refractivity contribution < 1.29 is 0 Å². The van der Waals surface area contributed by atoms with E-state index in [4.69, 9.17) is 0 Å². The average Bonchev–Trinajstić information content (AvgIpc) is 2.99. The van der Waals surface area contributed by atoms with Crippen molar-refractivity contribution in [3.05, 3.63) is 133 Å². The molecule has 0 unspecified atom stereocenters. The van der Waals surface area contributed by atoms with Crippen molar-refractivity contribution in [2.75, 3.05) is 0 Å². The maximum atomic E-state index is 4.07. The maximum Gasteiger partial charge on any atom is 0.0969 e. The summed E-state index contributed by atoms with van der Waals surface area (Å²) in [5.41, 5.74) is 7.53. The Balaban J connectivity index is 0.000000148. The van der Waals surface area contributed by atoms with Crippen LogP contribution < -0.4 is 0 Å². The summed E-state index contributed by atoms with van der Waals surface area (Å²) >= 11 is 0. The molecule has 6 nitrogen and oxygen atoms in total. The molecule has 36 heavy (non-hydrogen) atoms. The fraction of sp³-hybridized carbons (Fsp3) is 0. The molecule has 0 saturated heterocycles. The summed E-state index contributed by atoms with van der Waals surface area (Å²) < 4.78 is 0. The summed E-state index contributed by atoms with van der Waals surface area (Å²) in [7, 11) is 0. The number of rotatable bonds is 4. The monoisotopic (exact) mass is 466 g/mol. The highest BCUT2D eigenvalue weighted by molar-refractivity contribution is 5.67. The Morgan fingerprint density at radius 3 is 0.722 bits per heavy atom. The Hall–Kier alpha value is -5.10. The predicted octanol–water partition coefficient (Wildman–Crippen LogP) is 6.41. The minimum absolute atomic E-state index is 0.837. The lowest BCUT2D eigenvalue weighted by Gasteiger charge is -2.02. The number of aromatic nitrogens is 6. The van der Waals surface area contributed by atoms with Crippen molar-refractivity contribution in [3.8, 4) is 45.0 Å². The van der Waals surface area contributed by atoms with Crippen molar-refractivity contribution in [2.45, 2.75) is 0 Å². The van der Waals surface area contributed by atoms with E-state index in [-0.39, 0.29) is 0 Å². The highest BCUT2D eigenvalue weighted by atomic mass is 15.3. The number of benzene rings is 4. The molecule has 4 aromatic carbocycles. The molecule has 6 rings (SSSR count). The molecule has 0 N–H and O–H groups in total. The van der Waals surface area contributed by atoms with Gasteiger partial charge in [0.2, 0.25) is 0 Å². The molecule has 0 radical (unpaired) electrons. The SMILES string of the molecule is c1ccc(-c2cc(-c3ccccc3)nnn2)cc1.c1ccc(-c2cc(-c3ccccc3)nnn2)cc1. The summed E-state index contributed by atoms with van der Waals surface area (Å²) in [6.07, 6.45) is 0. The molecule has 0 atom stereocenters. The van der Waals surface area contributed by atoms with Gasteiger partial charge in [-0.2, -0.15) is 0 Å². The van der Waals surface area contributed by atoms with Crippen molar-refractivity contribution in [1.29, 1.82) is 0 Å². The van der Waals surface area contributed by atoms with E-state index >= 15 is 0 Å². The Morgan fingerprint density at radius 2 is 0.500 bits per heavy atom. The summed E-state index contributed by atoms with van der Waals surface area (Å²) in [6.45, 7) is 0. The fourth-order valence-electron chi connectivity index (χ4n) is 3.61. The molecule has 0 aliphatic carbocycles. The lowest BCUT2D eigenvalue weighted by molar-refractivity contribution is 0.876. The van der Waals surface area contributed by atoms with Gasteiger partial charge in [-0.3, -0.25) is 0 Å². The molecular formula is C30H22N6. The molecular weight excluding hydrogens is 444 g/mol. The standard InChI is InChI=1S/2C15H11N3/c2*1-3-7-12(8-4-1)14-11-15(17-18-16-14)13-9-5-2-6-10-13/h2*1-11H. The maximum absolute atomic E-state index is 4.07. The van der Waals surface area contributed by atoms with Gasteiger partial charge >= 0.3 is 0 Å². The highest BCUT2D eigenvalue weighted by Gasteiger charge is 2.05. The minimum Gasteiger partial charge on any atom is -0.130 e. The van der Waals surface area contributed by atoms with E-state index in [0.29, 0.717) is 0 Å². The molecule has 172 valence electrons. The molecule has 0 spiro atoms. The van der Waals surface area contributed by atoms with Crippen LogP contribution in [0, 0.1) is 0 Å². The Bertz CT molecular complexity index is 1280. The van der Waals surface area contributed by atoms with Gasteiger partial charge in [-0.05, 0) is 22.6 Å². The molecule has 0 fully saturated rings. The molecule has 0 saturated carbocycles. The summed E-state index contributed by atoms with van der Waals surface area (Å²) in [4.78, 5) is 0. The van der Waals surface area contributed by atoms with Gasteiger partial charge < -0.3 is 0 Å². The second-order valence-electron chi connectivity index (χ2n) is 7.87. The van der Waals surface area contributed by atoms with Gasteiger partial charge in [0.1, 0.15) is 0 Å². The third-order valence-corrected chi connectivity index (χ3v) is 5.43. The van der Waals surface area contributed by atoms with Crippen LogP contribution in [0.25, 0.3) is 45.0 Å². The van der Waals surface area contributed by atoms with E-state index in [2.05, 4.69) is 30.8 Å². The summed E-state index contributed by atoms with van der Waals surface area (Å²) in [5, 5.41) is 24.0. The molecule has 0 aliphatic heterocycles. The van der Waals surface area contributed by atoms with Crippen molar-refractivity contribution in [1.82, 2.24) is 30.8 Å². The topological polar surface area (TPSA) is 77.3 Å². The van der Waals surface area contributed by atoms with Gasteiger partial charge in [-0.25, -0.2) is 0 Å². The smallest absolute Gasteiger partial charge is 0.0969 e.